The van der Waals surface area contributed by atoms with E-state index in [-0.39, 0.29) is 0 Å². The van der Waals surface area contributed by atoms with E-state index in [1.54, 1.807) is 0 Å². The lowest BCUT2D eigenvalue weighted by Crippen LogP contribution is -2.02. The molecule has 2 heterocycles. The molecular weight excluding hydrogens is 214 g/mol. The molecule has 0 aliphatic rings. The zero-order chi connectivity index (χ0) is 12.6. The van der Waals surface area contributed by atoms with Crippen molar-refractivity contribution in [3.63, 3.8) is 0 Å². The van der Waals surface area contributed by atoms with E-state index in [2.05, 4.69) is 30.9 Å². The highest BCUT2D eigenvalue weighted by molar-refractivity contribution is 5.70. The van der Waals surface area contributed by atoms with Crippen LogP contribution in [0.5, 0.6) is 0 Å². The Morgan fingerprint density at radius 2 is 2.12 bits per heavy atom. The van der Waals surface area contributed by atoms with Crippen molar-refractivity contribution in [2.75, 3.05) is 5.73 Å². The lowest BCUT2D eigenvalue weighted by Gasteiger charge is -2.04. The fraction of sp³-hybridized carbons (Fsp3) is 0.500. The molecule has 0 bridgehead atoms. The van der Waals surface area contributed by atoms with Crippen LogP contribution in [0.15, 0.2) is 12.4 Å². The van der Waals surface area contributed by atoms with Crippen LogP contribution in [0.25, 0.3) is 11.3 Å². The average molecular weight is 233 g/mol. The molecule has 5 nitrogen and oxygen atoms in total. The molecule has 2 rings (SSSR count). The second kappa shape index (κ2) is 4.24. The van der Waals surface area contributed by atoms with Crippen molar-refractivity contribution in [2.24, 2.45) is 7.05 Å². The van der Waals surface area contributed by atoms with Crippen LogP contribution >= 0.6 is 0 Å². The lowest BCUT2D eigenvalue weighted by molar-refractivity contribution is 0.660. The molecule has 2 N–H and O–H groups in total. The second-order valence-corrected chi connectivity index (χ2v) is 4.50. The molecule has 2 aromatic rings. The van der Waals surface area contributed by atoms with Gasteiger partial charge in [-0.3, -0.25) is 4.68 Å². The van der Waals surface area contributed by atoms with Gasteiger partial charge in [-0.1, -0.05) is 13.8 Å². The highest BCUT2D eigenvalue weighted by atomic mass is 15.3. The molecular formula is C12H19N5. The normalized spacial score (nSPS) is 11.4. The fourth-order valence-electron chi connectivity index (χ4n) is 1.92. The van der Waals surface area contributed by atoms with Crippen molar-refractivity contribution in [2.45, 2.75) is 33.2 Å². The first-order valence-corrected chi connectivity index (χ1v) is 5.89. The van der Waals surface area contributed by atoms with Gasteiger partial charge in [-0.2, -0.15) is 5.10 Å². The molecule has 0 atom stereocenters. The fourth-order valence-corrected chi connectivity index (χ4v) is 1.92. The Labute approximate surface area is 101 Å². The first-order valence-electron chi connectivity index (χ1n) is 5.89. The van der Waals surface area contributed by atoms with Gasteiger partial charge in [-0.25, -0.2) is 4.98 Å². The van der Waals surface area contributed by atoms with E-state index in [0.29, 0.717) is 11.7 Å². The van der Waals surface area contributed by atoms with E-state index in [1.807, 2.05) is 28.7 Å². The molecule has 0 amide bonds. The minimum absolute atomic E-state index is 0.359. The topological polar surface area (TPSA) is 61.7 Å². The summed E-state index contributed by atoms with van der Waals surface area (Å²) in [5, 5.41) is 4.25. The van der Waals surface area contributed by atoms with Crippen LogP contribution in [0, 0.1) is 0 Å². The minimum atomic E-state index is 0.359. The number of aromatic nitrogens is 4. The third-order valence-corrected chi connectivity index (χ3v) is 2.92. The molecule has 0 spiro atoms. The van der Waals surface area contributed by atoms with Crippen molar-refractivity contribution in [3.05, 3.63) is 18.2 Å². The van der Waals surface area contributed by atoms with Crippen molar-refractivity contribution < 1.29 is 0 Å². The third kappa shape index (κ3) is 1.92. The summed E-state index contributed by atoms with van der Waals surface area (Å²) >= 11 is 0. The Hall–Kier alpha value is -1.78. The highest BCUT2D eigenvalue weighted by Crippen LogP contribution is 2.27. The van der Waals surface area contributed by atoms with Gasteiger partial charge in [-0.15, -0.1) is 0 Å². The van der Waals surface area contributed by atoms with Crippen LogP contribution in [0.2, 0.25) is 0 Å². The summed E-state index contributed by atoms with van der Waals surface area (Å²) in [5.74, 6) is 2.06. The van der Waals surface area contributed by atoms with Crippen LogP contribution in [0.3, 0.4) is 0 Å². The van der Waals surface area contributed by atoms with E-state index in [0.717, 1.165) is 23.6 Å². The third-order valence-electron chi connectivity index (χ3n) is 2.92. The Morgan fingerprint density at radius 3 is 2.59 bits per heavy atom. The van der Waals surface area contributed by atoms with Crippen LogP contribution in [-0.4, -0.2) is 19.3 Å². The van der Waals surface area contributed by atoms with Crippen molar-refractivity contribution in [1.29, 1.82) is 0 Å². The van der Waals surface area contributed by atoms with Gasteiger partial charge in [-0.05, 0) is 6.92 Å². The zero-order valence-electron chi connectivity index (χ0n) is 10.8. The van der Waals surface area contributed by atoms with Gasteiger partial charge < -0.3 is 10.3 Å². The molecule has 0 saturated carbocycles. The van der Waals surface area contributed by atoms with Gasteiger partial charge >= 0.3 is 0 Å². The van der Waals surface area contributed by atoms with E-state index in [4.69, 9.17) is 5.73 Å². The first-order chi connectivity index (χ1) is 8.04. The van der Waals surface area contributed by atoms with Gasteiger partial charge in [0.2, 0.25) is 0 Å². The second-order valence-electron chi connectivity index (χ2n) is 4.50. The van der Waals surface area contributed by atoms with E-state index < -0.39 is 0 Å². The van der Waals surface area contributed by atoms with Crippen molar-refractivity contribution in [1.82, 2.24) is 19.3 Å². The quantitative estimate of drug-likeness (QED) is 0.882. The van der Waals surface area contributed by atoms with Crippen LogP contribution in [0.4, 0.5) is 5.82 Å². The van der Waals surface area contributed by atoms with Crippen molar-refractivity contribution >= 4 is 5.82 Å². The number of nitrogens with zero attached hydrogens (tertiary/aromatic N) is 4. The Bertz CT molecular complexity index is 521. The molecule has 0 aromatic carbocycles. The average Bonchev–Trinajstić information content (AvgIpc) is 2.86. The molecule has 0 radical (unpaired) electrons. The lowest BCUT2D eigenvalue weighted by atomic mass is 10.2. The van der Waals surface area contributed by atoms with Gasteiger partial charge in [0.15, 0.2) is 0 Å². The molecule has 17 heavy (non-hydrogen) atoms. The van der Waals surface area contributed by atoms with E-state index in [1.165, 1.54) is 0 Å². The van der Waals surface area contributed by atoms with E-state index in [9.17, 15) is 0 Å². The summed E-state index contributed by atoms with van der Waals surface area (Å²) in [6, 6.07) is 0. The number of imidazole rings is 1. The molecule has 0 saturated heterocycles. The predicted octanol–water partition coefficient (Wildman–Crippen LogP) is 2.01. The SMILES string of the molecule is CCn1cc(-c2nc(C(C)C)n(C)c2N)cn1. The number of aryl methyl sites for hydroxylation is 1. The van der Waals surface area contributed by atoms with Crippen LogP contribution < -0.4 is 5.73 Å². The van der Waals surface area contributed by atoms with Gasteiger partial charge in [0.05, 0.1) is 6.20 Å². The summed E-state index contributed by atoms with van der Waals surface area (Å²) in [6.07, 6.45) is 3.79. The predicted molar refractivity (Wildman–Crippen MR) is 68.6 cm³/mol. The largest absolute Gasteiger partial charge is 0.383 e. The number of hydrogen-bond acceptors (Lipinski definition) is 3. The number of nitrogens with two attached hydrogens (primary N) is 1. The summed E-state index contributed by atoms with van der Waals surface area (Å²) in [6.45, 7) is 7.13. The molecule has 0 fully saturated rings. The number of hydrogen-bond donors (Lipinski definition) is 1. The summed E-state index contributed by atoms with van der Waals surface area (Å²) in [5.41, 5.74) is 7.90. The maximum absolute atomic E-state index is 6.09. The smallest absolute Gasteiger partial charge is 0.131 e. The first kappa shape index (κ1) is 11.7. The Morgan fingerprint density at radius 1 is 1.41 bits per heavy atom. The van der Waals surface area contributed by atoms with E-state index >= 15 is 0 Å². The van der Waals surface area contributed by atoms with Crippen molar-refractivity contribution in [3.8, 4) is 11.3 Å². The van der Waals surface area contributed by atoms with Crippen LogP contribution in [0.1, 0.15) is 32.5 Å². The zero-order valence-corrected chi connectivity index (χ0v) is 10.8. The monoisotopic (exact) mass is 233 g/mol. The summed E-state index contributed by atoms with van der Waals surface area (Å²) < 4.78 is 3.82. The Kier molecular flexibility index (Phi) is 2.92. The maximum Gasteiger partial charge on any atom is 0.131 e. The number of rotatable bonds is 3. The Balaban J connectivity index is 2.48. The molecule has 92 valence electrons. The van der Waals surface area contributed by atoms with Gasteiger partial charge in [0.25, 0.3) is 0 Å². The molecule has 0 aliphatic carbocycles. The minimum Gasteiger partial charge on any atom is -0.383 e. The molecule has 2 aromatic heterocycles. The van der Waals surface area contributed by atoms with Crippen LogP contribution in [-0.2, 0) is 13.6 Å². The molecule has 0 aliphatic heterocycles. The standard InChI is InChI=1S/C12H19N5/c1-5-17-7-9(6-14-17)10-11(13)16(4)12(15-10)8(2)3/h6-8H,5,13H2,1-4H3. The van der Waals surface area contributed by atoms with Gasteiger partial charge in [0.1, 0.15) is 17.3 Å². The maximum atomic E-state index is 6.09. The summed E-state index contributed by atoms with van der Waals surface area (Å²) in [4.78, 5) is 4.61. The molecule has 0 unspecified atom stereocenters. The van der Waals surface area contributed by atoms with Gasteiger partial charge in [0, 0.05) is 31.3 Å². The number of anilines is 1. The molecule has 5 heteroatoms. The summed E-state index contributed by atoms with van der Waals surface area (Å²) in [7, 11) is 1.95. The highest BCUT2D eigenvalue weighted by Gasteiger charge is 2.16. The number of nitrogen functional groups attached to an aromatic ring is 1.